The van der Waals surface area contributed by atoms with E-state index in [4.69, 9.17) is 0 Å². The molecule has 1 aliphatic heterocycles. The highest BCUT2D eigenvalue weighted by atomic mass is 16.2. The number of amides is 2. The molecule has 1 heterocycles. The number of rotatable bonds is 8. The van der Waals surface area contributed by atoms with Gasteiger partial charge in [0.15, 0.2) is 0 Å². The minimum Gasteiger partial charge on any atom is -0.350 e. The molecule has 0 saturated carbocycles. The Morgan fingerprint density at radius 2 is 1.63 bits per heavy atom. The van der Waals surface area contributed by atoms with Crippen LogP contribution in [0.1, 0.15) is 58.7 Å². The summed E-state index contributed by atoms with van der Waals surface area (Å²) in [6.45, 7) is 16.0. The molecule has 168 valence electrons. The molecule has 6 heteroatoms. The Morgan fingerprint density at radius 3 is 2.13 bits per heavy atom. The van der Waals surface area contributed by atoms with Gasteiger partial charge in [-0.05, 0) is 44.2 Å². The van der Waals surface area contributed by atoms with Gasteiger partial charge in [0.1, 0.15) is 0 Å². The monoisotopic (exact) mass is 416 g/mol. The average Bonchev–Trinajstić information content (AvgIpc) is 2.67. The molecule has 1 aliphatic rings. The molecule has 1 saturated heterocycles. The lowest BCUT2D eigenvalue weighted by Gasteiger charge is -2.35. The predicted molar refractivity (Wildman–Crippen MR) is 122 cm³/mol. The Hall–Kier alpha value is -1.92. The fourth-order valence-corrected chi connectivity index (χ4v) is 3.82. The van der Waals surface area contributed by atoms with Crippen LogP contribution in [0.2, 0.25) is 0 Å². The normalized spacial score (nSPS) is 16.6. The van der Waals surface area contributed by atoms with Gasteiger partial charge in [0, 0.05) is 37.8 Å². The topological polar surface area (TPSA) is 64.7 Å². The largest absolute Gasteiger partial charge is 0.350 e. The standard InChI is InChI=1S/C24H40N4O2/c1-7-19-8-10-20(11-9-19)23(18(2)3)25-16-22(30)28-14-12-27(13-15-28)17-21(29)26-24(4,5)6/h8-11,18,23,25H,7,12-17H2,1-6H3,(H,26,29)/t23-/m1/s1. The molecule has 0 bridgehead atoms. The summed E-state index contributed by atoms with van der Waals surface area (Å²) in [5.74, 6) is 0.561. The summed E-state index contributed by atoms with van der Waals surface area (Å²) < 4.78 is 0. The highest BCUT2D eigenvalue weighted by molar-refractivity contribution is 5.79. The second kappa shape index (κ2) is 10.9. The Bertz CT molecular complexity index is 686. The third-order valence-electron chi connectivity index (χ3n) is 5.49. The summed E-state index contributed by atoms with van der Waals surface area (Å²) in [4.78, 5) is 28.9. The van der Waals surface area contributed by atoms with Crippen molar-refractivity contribution in [1.82, 2.24) is 20.4 Å². The summed E-state index contributed by atoms with van der Waals surface area (Å²) in [6.07, 6.45) is 1.03. The quantitative estimate of drug-likeness (QED) is 0.684. The summed E-state index contributed by atoms with van der Waals surface area (Å²) in [7, 11) is 0. The number of carbonyl (C=O) groups is 2. The Morgan fingerprint density at radius 1 is 1.03 bits per heavy atom. The lowest BCUT2D eigenvalue weighted by Crippen LogP contribution is -2.54. The predicted octanol–water partition coefficient (Wildman–Crippen LogP) is 2.59. The van der Waals surface area contributed by atoms with Crippen LogP contribution in [0.5, 0.6) is 0 Å². The van der Waals surface area contributed by atoms with Crippen LogP contribution < -0.4 is 10.6 Å². The molecular formula is C24H40N4O2. The fraction of sp³-hybridized carbons (Fsp3) is 0.667. The SMILES string of the molecule is CCc1ccc([C@H](NCC(=O)N2CCN(CC(=O)NC(C)(C)C)CC2)C(C)C)cc1. The molecule has 2 rings (SSSR count). The summed E-state index contributed by atoms with van der Waals surface area (Å²) in [5.41, 5.74) is 2.33. The van der Waals surface area contributed by atoms with Crippen LogP contribution in [0.25, 0.3) is 0 Å². The Balaban J connectivity index is 1.81. The third kappa shape index (κ3) is 7.73. The Kier molecular flexibility index (Phi) is 8.86. The van der Waals surface area contributed by atoms with E-state index in [0.717, 1.165) is 19.5 Å². The summed E-state index contributed by atoms with van der Waals surface area (Å²) in [6, 6.07) is 8.83. The van der Waals surface area contributed by atoms with Gasteiger partial charge < -0.3 is 15.5 Å². The van der Waals surface area contributed by atoms with Gasteiger partial charge in [-0.1, -0.05) is 45.0 Å². The minimum absolute atomic E-state index is 0.0396. The number of benzene rings is 1. The molecule has 1 fully saturated rings. The van der Waals surface area contributed by atoms with Gasteiger partial charge in [0.05, 0.1) is 13.1 Å². The fourth-order valence-electron chi connectivity index (χ4n) is 3.82. The first-order valence-electron chi connectivity index (χ1n) is 11.2. The first-order valence-corrected chi connectivity index (χ1v) is 11.2. The average molecular weight is 417 g/mol. The maximum atomic E-state index is 12.7. The van der Waals surface area contributed by atoms with Gasteiger partial charge in [0.2, 0.25) is 11.8 Å². The van der Waals surface area contributed by atoms with Gasteiger partial charge >= 0.3 is 0 Å². The van der Waals surface area contributed by atoms with E-state index in [0.29, 0.717) is 32.1 Å². The van der Waals surface area contributed by atoms with Crippen molar-refractivity contribution in [2.75, 3.05) is 39.3 Å². The van der Waals surface area contributed by atoms with E-state index in [2.05, 4.69) is 60.6 Å². The van der Waals surface area contributed by atoms with E-state index in [1.54, 1.807) is 0 Å². The smallest absolute Gasteiger partial charge is 0.236 e. The second-order valence-corrected chi connectivity index (χ2v) is 9.65. The van der Waals surface area contributed by atoms with Gasteiger partial charge in [-0.3, -0.25) is 14.5 Å². The number of nitrogens with zero attached hydrogens (tertiary/aromatic N) is 2. The van der Waals surface area contributed by atoms with E-state index >= 15 is 0 Å². The van der Waals surface area contributed by atoms with E-state index < -0.39 is 0 Å². The van der Waals surface area contributed by atoms with Gasteiger partial charge in [-0.15, -0.1) is 0 Å². The molecule has 1 aromatic carbocycles. The zero-order chi connectivity index (χ0) is 22.3. The second-order valence-electron chi connectivity index (χ2n) is 9.65. The summed E-state index contributed by atoms with van der Waals surface area (Å²) >= 11 is 0. The molecule has 6 nitrogen and oxygen atoms in total. The lowest BCUT2D eigenvalue weighted by atomic mass is 9.95. The van der Waals surface area contributed by atoms with E-state index in [1.807, 2.05) is 25.7 Å². The minimum atomic E-state index is -0.218. The van der Waals surface area contributed by atoms with Crippen molar-refractivity contribution >= 4 is 11.8 Å². The third-order valence-corrected chi connectivity index (χ3v) is 5.49. The first kappa shape index (κ1) is 24.4. The molecule has 2 N–H and O–H groups in total. The maximum absolute atomic E-state index is 12.7. The zero-order valence-corrected chi connectivity index (χ0v) is 19.6. The van der Waals surface area contributed by atoms with Gasteiger partial charge in [-0.2, -0.15) is 0 Å². The van der Waals surface area contributed by atoms with Gasteiger partial charge in [-0.25, -0.2) is 0 Å². The van der Waals surface area contributed by atoms with Crippen molar-refractivity contribution in [2.45, 2.75) is 59.5 Å². The van der Waals surface area contributed by atoms with Crippen molar-refractivity contribution in [1.29, 1.82) is 0 Å². The summed E-state index contributed by atoms with van der Waals surface area (Å²) in [5, 5.41) is 6.47. The molecule has 0 radical (unpaired) electrons. The van der Waals surface area contributed by atoms with Crippen molar-refractivity contribution in [3.05, 3.63) is 35.4 Å². The lowest BCUT2D eigenvalue weighted by molar-refractivity contribution is -0.132. The van der Waals surface area contributed by atoms with E-state index in [9.17, 15) is 9.59 Å². The van der Waals surface area contributed by atoms with Crippen LogP contribution in [0.15, 0.2) is 24.3 Å². The van der Waals surface area contributed by atoms with Crippen molar-refractivity contribution in [2.24, 2.45) is 5.92 Å². The van der Waals surface area contributed by atoms with Crippen molar-refractivity contribution in [3.8, 4) is 0 Å². The highest BCUT2D eigenvalue weighted by Gasteiger charge is 2.24. The van der Waals surface area contributed by atoms with Crippen LogP contribution in [0.4, 0.5) is 0 Å². The maximum Gasteiger partial charge on any atom is 0.236 e. The van der Waals surface area contributed by atoms with Gasteiger partial charge in [0.25, 0.3) is 0 Å². The Labute approximate surface area is 182 Å². The molecule has 0 spiro atoms. The molecule has 30 heavy (non-hydrogen) atoms. The van der Waals surface area contributed by atoms with Crippen LogP contribution in [-0.2, 0) is 16.0 Å². The van der Waals surface area contributed by atoms with Crippen LogP contribution in [0, 0.1) is 5.92 Å². The van der Waals surface area contributed by atoms with E-state index in [1.165, 1.54) is 11.1 Å². The van der Waals surface area contributed by atoms with Crippen LogP contribution in [0.3, 0.4) is 0 Å². The molecule has 2 amide bonds. The first-order chi connectivity index (χ1) is 14.1. The number of hydrogen-bond acceptors (Lipinski definition) is 4. The number of carbonyl (C=O) groups excluding carboxylic acids is 2. The zero-order valence-electron chi connectivity index (χ0n) is 19.6. The van der Waals surface area contributed by atoms with Crippen molar-refractivity contribution < 1.29 is 9.59 Å². The van der Waals surface area contributed by atoms with Crippen LogP contribution in [-0.4, -0.2) is 66.4 Å². The molecule has 0 aromatic heterocycles. The number of piperazine rings is 1. The molecule has 1 atom stereocenters. The van der Waals surface area contributed by atoms with Crippen LogP contribution >= 0.6 is 0 Å². The van der Waals surface area contributed by atoms with E-state index in [-0.39, 0.29) is 23.4 Å². The molecule has 1 aromatic rings. The molecular weight excluding hydrogens is 376 g/mol. The number of hydrogen-bond donors (Lipinski definition) is 2. The number of aryl methyl sites for hydroxylation is 1. The number of nitrogens with one attached hydrogen (secondary N) is 2. The molecule has 0 aliphatic carbocycles. The van der Waals surface area contributed by atoms with Crippen molar-refractivity contribution in [3.63, 3.8) is 0 Å². The molecule has 0 unspecified atom stereocenters. The highest BCUT2D eigenvalue weighted by Crippen LogP contribution is 2.22.